The number of rotatable bonds is 4. The zero-order valence-electron chi connectivity index (χ0n) is 17.2. The van der Waals surface area contributed by atoms with Gasteiger partial charge in [-0.15, -0.1) is 0 Å². The second-order valence-electron chi connectivity index (χ2n) is 7.73. The van der Waals surface area contributed by atoms with Crippen molar-refractivity contribution < 1.29 is 9.53 Å². The van der Waals surface area contributed by atoms with Gasteiger partial charge >= 0.3 is 0 Å². The zero-order valence-corrected chi connectivity index (χ0v) is 18.7. The van der Waals surface area contributed by atoms with Crippen LogP contribution in [0.3, 0.4) is 0 Å². The maximum absolute atomic E-state index is 13.5. The lowest BCUT2D eigenvalue weighted by Crippen LogP contribution is -2.44. The second-order valence-corrected chi connectivity index (χ2v) is 9.18. The number of halogens is 1. The summed E-state index contributed by atoms with van der Waals surface area (Å²) in [6.07, 6.45) is 6.38. The van der Waals surface area contributed by atoms with Gasteiger partial charge in [0.25, 0.3) is 5.91 Å². The Morgan fingerprint density at radius 1 is 1.17 bits per heavy atom. The van der Waals surface area contributed by atoms with Crippen LogP contribution in [0.25, 0.3) is 6.08 Å². The number of ether oxygens (including phenoxy) is 1. The highest BCUT2D eigenvalue weighted by Crippen LogP contribution is 2.41. The van der Waals surface area contributed by atoms with Gasteiger partial charge in [-0.05, 0) is 66.9 Å². The van der Waals surface area contributed by atoms with Crippen LogP contribution in [-0.2, 0) is 4.79 Å². The summed E-state index contributed by atoms with van der Waals surface area (Å²) < 4.78 is 5.46. The molecular formula is C24H25ClN2O2S. The number of hydrogen-bond donors (Lipinski definition) is 0. The Morgan fingerprint density at radius 2 is 1.93 bits per heavy atom. The number of thioether (sulfide) groups is 1. The Morgan fingerprint density at radius 3 is 2.67 bits per heavy atom. The number of amides is 1. The third kappa shape index (κ3) is 4.42. The molecule has 2 aliphatic rings. The predicted octanol–water partition coefficient (Wildman–Crippen LogP) is 6.53. The van der Waals surface area contributed by atoms with Gasteiger partial charge in [-0.3, -0.25) is 9.69 Å². The van der Waals surface area contributed by atoms with Gasteiger partial charge in [-0.25, -0.2) is 4.99 Å². The Balaban J connectivity index is 1.75. The third-order valence-electron chi connectivity index (χ3n) is 5.69. The van der Waals surface area contributed by atoms with Crippen molar-refractivity contribution in [3.05, 3.63) is 64.0 Å². The topological polar surface area (TPSA) is 41.9 Å². The minimum Gasteiger partial charge on any atom is -0.496 e. The van der Waals surface area contributed by atoms with Crippen LogP contribution >= 0.6 is 23.4 Å². The van der Waals surface area contributed by atoms with E-state index in [4.69, 9.17) is 21.3 Å². The van der Waals surface area contributed by atoms with Gasteiger partial charge in [0.2, 0.25) is 0 Å². The summed E-state index contributed by atoms with van der Waals surface area (Å²) in [6.45, 7) is 2.24. The van der Waals surface area contributed by atoms with E-state index >= 15 is 0 Å². The average Bonchev–Trinajstić information content (AvgIpc) is 3.04. The van der Waals surface area contributed by atoms with Gasteiger partial charge < -0.3 is 4.74 Å². The Bertz CT molecular complexity index is 990. The number of carbonyl (C=O) groups excluding carboxylic acids is 1. The molecule has 1 amide bonds. The van der Waals surface area contributed by atoms with E-state index in [0.29, 0.717) is 21.6 Å². The molecule has 30 heavy (non-hydrogen) atoms. The molecule has 1 aliphatic carbocycles. The molecule has 1 heterocycles. The van der Waals surface area contributed by atoms with E-state index in [9.17, 15) is 4.79 Å². The average molecular weight is 441 g/mol. The summed E-state index contributed by atoms with van der Waals surface area (Å²) in [6, 6.07) is 15.4. The van der Waals surface area contributed by atoms with E-state index in [-0.39, 0.29) is 11.9 Å². The summed E-state index contributed by atoms with van der Waals surface area (Å²) in [4.78, 5) is 20.9. The Kier molecular flexibility index (Phi) is 6.49. The van der Waals surface area contributed by atoms with E-state index < -0.39 is 0 Å². The van der Waals surface area contributed by atoms with Gasteiger partial charge in [0.1, 0.15) is 5.75 Å². The van der Waals surface area contributed by atoms with Gasteiger partial charge in [0.15, 0.2) is 5.17 Å². The Labute approximate surface area is 187 Å². The first kappa shape index (κ1) is 21.0. The highest BCUT2D eigenvalue weighted by Gasteiger charge is 2.41. The lowest BCUT2D eigenvalue weighted by Gasteiger charge is -2.35. The van der Waals surface area contributed by atoms with E-state index in [1.54, 1.807) is 13.2 Å². The van der Waals surface area contributed by atoms with E-state index in [0.717, 1.165) is 35.7 Å². The third-order valence-corrected chi connectivity index (χ3v) is 6.91. The van der Waals surface area contributed by atoms with Gasteiger partial charge in [0.05, 0.1) is 17.7 Å². The number of hydrogen-bond acceptors (Lipinski definition) is 4. The van der Waals surface area contributed by atoms with Crippen molar-refractivity contribution in [2.24, 2.45) is 10.9 Å². The van der Waals surface area contributed by atoms with E-state index in [1.807, 2.05) is 53.4 Å². The first-order chi connectivity index (χ1) is 14.6. The van der Waals surface area contributed by atoms with Crippen LogP contribution in [0.2, 0.25) is 5.02 Å². The van der Waals surface area contributed by atoms with E-state index in [2.05, 4.69) is 6.92 Å². The van der Waals surface area contributed by atoms with Crippen LogP contribution in [0, 0.1) is 5.92 Å². The van der Waals surface area contributed by atoms with Crippen LogP contribution < -0.4 is 4.74 Å². The molecule has 2 aromatic rings. The van der Waals surface area contributed by atoms with Crippen molar-refractivity contribution in [2.75, 3.05) is 7.11 Å². The summed E-state index contributed by atoms with van der Waals surface area (Å²) in [5.41, 5.74) is 1.64. The number of aliphatic imine (C=N–C) groups is 1. The van der Waals surface area contributed by atoms with Gasteiger partial charge in [0, 0.05) is 16.6 Å². The molecule has 1 saturated carbocycles. The van der Waals surface area contributed by atoms with Gasteiger partial charge in [-0.2, -0.15) is 0 Å². The molecule has 0 N–H and O–H groups in total. The highest BCUT2D eigenvalue weighted by atomic mass is 35.5. The number of amidine groups is 1. The number of nitrogens with zero attached hydrogens (tertiary/aromatic N) is 2. The minimum atomic E-state index is 0.00968. The quantitative estimate of drug-likeness (QED) is 0.507. The number of benzene rings is 2. The standard InChI is InChI=1S/C24H25ClN2O2S/c1-16-8-6-7-11-20(16)27-23(28)22(15-17-14-18(25)12-13-21(17)29-2)30-24(27)26-19-9-4-3-5-10-19/h3-5,9-10,12-16,20H,6-8,11H2,1-2H3/b22-15-,26-24?/t16-,20-/m0/s1. The highest BCUT2D eigenvalue weighted by molar-refractivity contribution is 8.18. The number of para-hydroxylation sites is 1. The van der Waals surface area contributed by atoms with Crippen molar-refractivity contribution in [1.82, 2.24) is 4.90 Å². The molecule has 156 valence electrons. The fourth-order valence-corrected chi connectivity index (χ4v) is 5.33. The van der Waals surface area contributed by atoms with Crippen LogP contribution in [0.5, 0.6) is 5.75 Å². The fraction of sp³-hybridized carbons (Fsp3) is 0.333. The number of methoxy groups -OCH3 is 1. The Hall–Kier alpha value is -2.24. The first-order valence-electron chi connectivity index (χ1n) is 10.3. The second kappa shape index (κ2) is 9.27. The molecule has 6 heteroatoms. The maximum Gasteiger partial charge on any atom is 0.267 e. The molecule has 0 unspecified atom stereocenters. The summed E-state index contributed by atoms with van der Waals surface area (Å²) in [7, 11) is 1.62. The lowest BCUT2D eigenvalue weighted by atomic mass is 9.85. The van der Waals surface area contributed by atoms with Crippen LogP contribution in [0.15, 0.2) is 58.4 Å². The SMILES string of the molecule is COc1ccc(Cl)cc1/C=C1\SC(=Nc2ccccc2)N([C@H]2CCCC[C@@H]2C)C1=O. The summed E-state index contributed by atoms with van der Waals surface area (Å²) >= 11 is 7.62. The molecule has 0 radical (unpaired) electrons. The largest absolute Gasteiger partial charge is 0.496 e. The lowest BCUT2D eigenvalue weighted by molar-refractivity contribution is -0.124. The molecule has 4 rings (SSSR count). The molecule has 0 spiro atoms. The van der Waals surface area contributed by atoms with Crippen LogP contribution in [0.1, 0.15) is 38.2 Å². The van der Waals surface area contributed by atoms with Crippen LogP contribution in [-0.4, -0.2) is 29.1 Å². The zero-order chi connectivity index (χ0) is 21.1. The first-order valence-corrected chi connectivity index (χ1v) is 11.5. The van der Waals surface area contributed by atoms with Crippen molar-refractivity contribution in [2.45, 2.75) is 38.6 Å². The fourth-order valence-electron chi connectivity index (χ4n) is 4.11. The van der Waals surface area contributed by atoms with Crippen molar-refractivity contribution in [3.63, 3.8) is 0 Å². The van der Waals surface area contributed by atoms with Crippen molar-refractivity contribution in [1.29, 1.82) is 0 Å². The molecule has 0 bridgehead atoms. The molecule has 1 saturated heterocycles. The van der Waals surface area contributed by atoms with Crippen LogP contribution in [0.4, 0.5) is 5.69 Å². The van der Waals surface area contributed by atoms with Crippen molar-refractivity contribution in [3.8, 4) is 5.75 Å². The number of carbonyl (C=O) groups is 1. The molecule has 2 aromatic carbocycles. The van der Waals surface area contributed by atoms with Gasteiger partial charge in [-0.1, -0.05) is 49.6 Å². The minimum absolute atomic E-state index is 0.00968. The smallest absolute Gasteiger partial charge is 0.267 e. The summed E-state index contributed by atoms with van der Waals surface area (Å²) in [5.74, 6) is 1.14. The monoisotopic (exact) mass is 440 g/mol. The molecule has 4 nitrogen and oxygen atoms in total. The molecule has 2 atom stereocenters. The van der Waals surface area contributed by atoms with Crippen molar-refractivity contribution >= 4 is 46.2 Å². The molecule has 2 fully saturated rings. The van der Waals surface area contributed by atoms with E-state index in [1.165, 1.54) is 18.2 Å². The molecular weight excluding hydrogens is 416 g/mol. The maximum atomic E-state index is 13.5. The normalized spacial score (nSPS) is 24.6. The summed E-state index contributed by atoms with van der Waals surface area (Å²) in [5, 5.41) is 1.35. The predicted molar refractivity (Wildman–Crippen MR) is 125 cm³/mol. The molecule has 0 aromatic heterocycles. The molecule has 1 aliphatic heterocycles.